The fourth-order valence-electron chi connectivity index (χ4n) is 1.55. The van der Waals surface area contributed by atoms with E-state index in [9.17, 15) is 0 Å². The van der Waals surface area contributed by atoms with Crippen molar-refractivity contribution in [3.63, 3.8) is 0 Å². The Morgan fingerprint density at radius 1 is 1.38 bits per heavy atom. The van der Waals surface area contributed by atoms with E-state index in [1.54, 1.807) is 6.08 Å². The zero-order valence-corrected chi connectivity index (χ0v) is 11.9. The third kappa shape index (κ3) is 9.78. The van der Waals surface area contributed by atoms with Gasteiger partial charge in [0.15, 0.2) is 0 Å². The van der Waals surface area contributed by atoms with Crippen LogP contribution < -0.4 is 0 Å². The highest BCUT2D eigenvalue weighted by molar-refractivity contribution is 5.15. The molecule has 2 heteroatoms. The van der Waals surface area contributed by atoms with E-state index >= 15 is 0 Å². The maximum atomic E-state index is 9.06. The summed E-state index contributed by atoms with van der Waals surface area (Å²) in [5, 5.41) is 9.06. The summed E-state index contributed by atoms with van der Waals surface area (Å²) in [6, 6.07) is 0. The Morgan fingerprint density at radius 3 is 2.19 bits per heavy atom. The van der Waals surface area contributed by atoms with Gasteiger partial charge in [-0.15, -0.1) is 0 Å². The summed E-state index contributed by atoms with van der Waals surface area (Å²) in [4.78, 5) is 2.18. The molecule has 0 amide bonds. The Balaban J connectivity index is 0. The highest BCUT2D eigenvalue weighted by atomic mass is 16.3. The molecule has 0 fully saturated rings. The molecular weight excluding hydrogens is 198 g/mol. The van der Waals surface area contributed by atoms with Crippen LogP contribution in [0.1, 0.15) is 40.5 Å². The second kappa shape index (κ2) is 10.7. The summed E-state index contributed by atoms with van der Waals surface area (Å²) in [5.41, 5.74) is 1.22. The molecule has 0 rings (SSSR count). The van der Waals surface area contributed by atoms with Gasteiger partial charge in [0.1, 0.15) is 5.76 Å². The van der Waals surface area contributed by atoms with Gasteiger partial charge in [-0.3, -0.25) is 0 Å². The lowest BCUT2D eigenvalue weighted by atomic mass is 9.93. The molecule has 0 saturated carbocycles. The van der Waals surface area contributed by atoms with Crippen LogP contribution in [0.4, 0.5) is 0 Å². The molecule has 0 aromatic rings. The standard InChI is InChI=1S/C12H23NO.C2H6/c1-6-12(7-8-13(4)5)10(2)9-11(3)14;1-2/h9,12,14H,3,6-8H2,1-2,4-5H3;1-2H3/b10-9+;. The Kier molecular flexibility index (Phi) is 11.8. The minimum Gasteiger partial charge on any atom is -0.509 e. The van der Waals surface area contributed by atoms with Crippen LogP contribution in [-0.4, -0.2) is 30.6 Å². The predicted octanol–water partition coefficient (Wildman–Crippen LogP) is 4.01. The van der Waals surface area contributed by atoms with Crippen molar-refractivity contribution in [2.24, 2.45) is 5.92 Å². The summed E-state index contributed by atoms with van der Waals surface area (Å²) < 4.78 is 0. The van der Waals surface area contributed by atoms with Crippen LogP contribution in [0.5, 0.6) is 0 Å². The minimum atomic E-state index is 0.158. The molecule has 0 radical (unpaired) electrons. The van der Waals surface area contributed by atoms with Crippen LogP contribution in [0.3, 0.4) is 0 Å². The van der Waals surface area contributed by atoms with Crippen molar-refractivity contribution in [1.29, 1.82) is 0 Å². The number of allylic oxidation sites excluding steroid dienone is 2. The van der Waals surface area contributed by atoms with Crippen molar-refractivity contribution in [3.05, 3.63) is 24.0 Å². The Hall–Kier alpha value is -0.760. The van der Waals surface area contributed by atoms with E-state index in [-0.39, 0.29) is 5.76 Å². The van der Waals surface area contributed by atoms with Crippen molar-refractivity contribution < 1.29 is 5.11 Å². The van der Waals surface area contributed by atoms with E-state index in [0.717, 1.165) is 19.4 Å². The molecular formula is C14H29NO. The van der Waals surface area contributed by atoms with Gasteiger partial charge in [-0.05, 0) is 52.4 Å². The topological polar surface area (TPSA) is 23.5 Å². The lowest BCUT2D eigenvalue weighted by molar-refractivity contribution is 0.362. The zero-order valence-electron chi connectivity index (χ0n) is 11.9. The monoisotopic (exact) mass is 227 g/mol. The summed E-state index contributed by atoms with van der Waals surface area (Å²) >= 11 is 0. The van der Waals surface area contributed by atoms with E-state index in [1.165, 1.54) is 5.57 Å². The minimum absolute atomic E-state index is 0.158. The smallest absolute Gasteiger partial charge is 0.108 e. The first-order valence-electron chi connectivity index (χ1n) is 6.18. The lowest BCUT2D eigenvalue weighted by Crippen LogP contribution is -2.17. The molecule has 0 saturated heterocycles. The van der Waals surface area contributed by atoms with Gasteiger partial charge in [0, 0.05) is 0 Å². The number of aliphatic hydroxyl groups is 1. The van der Waals surface area contributed by atoms with Crippen molar-refractivity contribution in [2.75, 3.05) is 20.6 Å². The first-order valence-corrected chi connectivity index (χ1v) is 6.18. The molecule has 0 aliphatic carbocycles. The molecule has 1 unspecified atom stereocenters. The second-order valence-corrected chi connectivity index (χ2v) is 4.08. The van der Waals surface area contributed by atoms with Crippen molar-refractivity contribution in [3.8, 4) is 0 Å². The van der Waals surface area contributed by atoms with E-state index in [0.29, 0.717) is 5.92 Å². The van der Waals surface area contributed by atoms with Crippen molar-refractivity contribution in [2.45, 2.75) is 40.5 Å². The molecule has 96 valence electrons. The van der Waals surface area contributed by atoms with Crippen LogP contribution in [-0.2, 0) is 0 Å². The zero-order chi connectivity index (χ0) is 13.1. The molecule has 1 atom stereocenters. The van der Waals surface area contributed by atoms with Gasteiger partial charge in [-0.1, -0.05) is 32.9 Å². The number of hydrogen-bond donors (Lipinski definition) is 1. The molecule has 0 aromatic carbocycles. The highest BCUT2D eigenvalue weighted by Crippen LogP contribution is 2.19. The number of hydrogen-bond acceptors (Lipinski definition) is 2. The van der Waals surface area contributed by atoms with Gasteiger partial charge in [0.05, 0.1) is 0 Å². The molecule has 1 N–H and O–H groups in total. The fourth-order valence-corrected chi connectivity index (χ4v) is 1.55. The summed E-state index contributed by atoms with van der Waals surface area (Å²) in [6.45, 7) is 12.8. The second-order valence-electron chi connectivity index (χ2n) is 4.08. The average Bonchev–Trinajstić information content (AvgIpc) is 2.20. The van der Waals surface area contributed by atoms with Gasteiger partial charge in [0.25, 0.3) is 0 Å². The number of aliphatic hydroxyl groups excluding tert-OH is 1. The first kappa shape index (κ1) is 17.6. The van der Waals surface area contributed by atoms with Crippen LogP contribution >= 0.6 is 0 Å². The molecule has 16 heavy (non-hydrogen) atoms. The molecule has 0 aliphatic rings. The first-order chi connectivity index (χ1) is 7.47. The van der Waals surface area contributed by atoms with Gasteiger partial charge < -0.3 is 10.0 Å². The number of rotatable bonds is 6. The average molecular weight is 227 g/mol. The maximum absolute atomic E-state index is 9.06. The summed E-state index contributed by atoms with van der Waals surface area (Å²) in [5.74, 6) is 0.715. The van der Waals surface area contributed by atoms with Gasteiger partial charge in [-0.2, -0.15) is 0 Å². The SMILES string of the molecule is C=C(O)/C=C(\C)C(CC)CCN(C)C.CC. The summed E-state index contributed by atoms with van der Waals surface area (Å²) in [6.07, 6.45) is 4.02. The van der Waals surface area contributed by atoms with E-state index in [1.807, 2.05) is 13.8 Å². The van der Waals surface area contributed by atoms with Crippen molar-refractivity contribution in [1.82, 2.24) is 4.90 Å². The highest BCUT2D eigenvalue weighted by Gasteiger charge is 2.08. The van der Waals surface area contributed by atoms with E-state index in [2.05, 4.69) is 39.4 Å². The lowest BCUT2D eigenvalue weighted by Gasteiger charge is -2.18. The fraction of sp³-hybridized carbons (Fsp3) is 0.714. The molecule has 0 heterocycles. The molecule has 0 aromatic heterocycles. The summed E-state index contributed by atoms with van der Waals surface area (Å²) in [7, 11) is 4.16. The quantitative estimate of drug-likeness (QED) is 0.547. The van der Waals surface area contributed by atoms with Crippen LogP contribution in [0, 0.1) is 5.92 Å². The van der Waals surface area contributed by atoms with Crippen LogP contribution in [0.2, 0.25) is 0 Å². The number of nitrogens with zero attached hydrogens (tertiary/aromatic N) is 1. The third-order valence-corrected chi connectivity index (χ3v) is 2.46. The molecule has 0 aliphatic heterocycles. The van der Waals surface area contributed by atoms with Crippen molar-refractivity contribution >= 4 is 0 Å². The normalized spacial score (nSPS) is 13.1. The van der Waals surface area contributed by atoms with E-state index < -0.39 is 0 Å². The van der Waals surface area contributed by atoms with Gasteiger partial charge in [0.2, 0.25) is 0 Å². The Morgan fingerprint density at radius 2 is 1.88 bits per heavy atom. The maximum Gasteiger partial charge on any atom is 0.108 e. The van der Waals surface area contributed by atoms with Gasteiger partial charge >= 0.3 is 0 Å². The Bertz CT molecular complexity index is 207. The third-order valence-electron chi connectivity index (χ3n) is 2.46. The molecule has 0 bridgehead atoms. The van der Waals surface area contributed by atoms with E-state index in [4.69, 9.17) is 5.11 Å². The Labute approximate surface area is 102 Å². The van der Waals surface area contributed by atoms with Crippen LogP contribution in [0.15, 0.2) is 24.0 Å². The molecule has 2 nitrogen and oxygen atoms in total. The predicted molar refractivity (Wildman–Crippen MR) is 73.8 cm³/mol. The van der Waals surface area contributed by atoms with Crippen LogP contribution in [0.25, 0.3) is 0 Å². The largest absolute Gasteiger partial charge is 0.509 e. The van der Waals surface area contributed by atoms with Gasteiger partial charge in [-0.25, -0.2) is 0 Å². The molecule has 0 spiro atoms.